The van der Waals surface area contributed by atoms with Crippen LogP contribution in [0.5, 0.6) is 0 Å². The van der Waals surface area contributed by atoms with E-state index in [0.29, 0.717) is 12.5 Å². The molecule has 0 aliphatic rings. The Labute approximate surface area is 91.4 Å². The summed E-state index contributed by atoms with van der Waals surface area (Å²) in [6, 6.07) is -0.241. The Hall–Kier alpha value is -0.900. The highest BCUT2D eigenvalue weighted by atomic mass is 16.5. The van der Waals surface area contributed by atoms with Crippen LogP contribution in [0, 0.1) is 5.92 Å². The first-order valence-corrected chi connectivity index (χ1v) is 5.36. The predicted octanol–water partition coefficient (Wildman–Crippen LogP) is 1.14. The maximum Gasteiger partial charge on any atom is 0.313 e. The lowest BCUT2D eigenvalue weighted by atomic mass is 9.99. The Morgan fingerprint density at radius 3 is 2.33 bits per heavy atom. The van der Waals surface area contributed by atoms with E-state index in [1.807, 2.05) is 13.8 Å². The molecule has 0 fully saturated rings. The van der Waals surface area contributed by atoms with Gasteiger partial charge in [0.1, 0.15) is 6.42 Å². The SMILES string of the molecule is CCOC(=O)CC(=O)[C@H](CC(C)C)NC. The van der Waals surface area contributed by atoms with Crippen molar-refractivity contribution < 1.29 is 14.3 Å². The summed E-state index contributed by atoms with van der Waals surface area (Å²) in [6.45, 7) is 6.14. The molecule has 0 amide bonds. The van der Waals surface area contributed by atoms with Crippen molar-refractivity contribution in [2.24, 2.45) is 5.92 Å². The summed E-state index contributed by atoms with van der Waals surface area (Å²) in [7, 11) is 1.73. The lowest BCUT2D eigenvalue weighted by Crippen LogP contribution is -2.36. The second-order valence-electron chi connectivity index (χ2n) is 3.92. The number of rotatable bonds is 7. The Balaban J connectivity index is 4.09. The molecule has 4 nitrogen and oxygen atoms in total. The summed E-state index contributed by atoms with van der Waals surface area (Å²) in [4.78, 5) is 22.7. The Morgan fingerprint density at radius 1 is 1.33 bits per heavy atom. The molecule has 0 rings (SSSR count). The highest BCUT2D eigenvalue weighted by molar-refractivity contribution is 5.98. The zero-order chi connectivity index (χ0) is 11.8. The normalized spacial score (nSPS) is 12.6. The van der Waals surface area contributed by atoms with E-state index in [-0.39, 0.29) is 18.2 Å². The molecule has 15 heavy (non-hydrogen) atoms. The van der Waals surface area contributed by atoms with Crippen molar-refractivity contribution in [1.29, 1.82) is 0 Å². The minimum atomic E-state index is -0.438. The van der Waals surface area contributed by atoms with Crippen LogP contribution in [0.4, 0.5) is 0 Å². The number of Topliss-reactive ketones (excluding diaryl/α,β-unsaturated/α-hetero) is 1. The van der Waals surface area contributed by atoms with Crippen LogP contribution in [-0.2, 0) is 14.3 Å². The first kappa shape index (κ1) is 14.1. The van der Waals surface area contributed by atoms with Gasteiger partial charge < -0.3 is 10.1 Å². The van der Waals surface area contributed by atoms with Gasteiger partial charge in [-0.1, -0.05) is 13.8 Å². The van der Waals surface area contributed by atoms with E-state index in [4.69, 9.17) is 4.74 Å². The van der Waals surface area contributed by atoms with Gasteiger partial charge in [-0.2, -0.15) is 0 Å². The van der Waals surface area contributed by atoms with Crippen LogP contribution in [0.1, 0.15) is 33.6 Å². The fraction of sp³-hybridized carbons (Fsp3) is 0.818. The van der Waals surface area contributed by atoms with Crippen LogP contribution in [0.15, 0.2) is 0 Å². The van der Waals surface area contributed by atoms with Gasteiger partial charge in [-0.15, -0.1) is 0 Å². The molecule has 0 saturated carbocycles. The van der Waals surface area contributed by atoms with E-state index < -0.39 is 5.97 Å². The van der Waals surface area contributed by atoms with Crippen LogP contribution >= 0.6 is 0 Å². The van der Waals surface area contributed by atoms with E-state index in [9.17, 15) is 9.59 Å². The predicted molar refractivity (Wildman–Crippen MR) is 58.6 cm³/mol. The number of carbonyl (C=O) groups is 2. The second kappa shape index (κ2) is 7.40. The van der Waals surface area contributed by atoms with Crippen LogP contribution in [0.25, 0.3) is 0 Å². The summed E-state index contributed by atoms with van der Waals surface area (Å²) in [5, 5.41) is 2.92. The molecule has 1 N–H and O–H groups in total. The molecule has 0 unspecified atom stereocenters. The zero-order valence-corrected chi connectivity index (χ0v) is 10.0. The molecular formula is C11H21NO3. The third-order valence-corrected chi connectivity index (χ3v) is 2.07. The molecule has 0 aromatic heterocycles. The number of ether oxygens (including phenoxy) is 1. The average molecular weight is 215 g/mol. The lowest BCUT2D eigenvalue weighted by Gasteiger charge is -2.16. The maximum absolute atomic E-state index is 11.6. The molecule has 0 bridgehead atoms. The van der Waals surface area contributed by atoms with Crippen molar-refractivity contribution in [3.63, 3.8) is 0 Å². The molecule has 0 aliphatic carbocycles. The van der Waals surface area contributed by atoms with E-state index in [1.54, 1.807) is 14.0 Å². The molecule has 0 radical (unpaired) electrons. The summed E-state index contributed by atoms with van der Waals surface area (Å²) in [5.74, 6) is -0.107. The molecule has 0 aliphatic heterocycles. The van der Waals surface area contributed by atoms with Gasteiger partial charge in [0.05, 0.1) is 12.6 Å². The number of ketones is 1. The number of esters is 1. The zero-order valence-electron chi connectivity index (χ0n) is 10.0. The van der Waals surface area contributed by atoms with E-state index in [1.165, 1.54) is 0 Å². The van der Waals surface area contributed by atoms with Crippen molar-refractivity contribution in [3.8, 4) is 0 Å². The highest BCUT2D eigenvalue weighted by Crippen LogP contribution is 2.07. The molecular weight excluding hydrogens is 194 g/mol. The van der Waals surface area contributed by atoms with Gasteiger partial charge in [0.2, 0.25) is 0 Å². The van der Waals surface area contributed by atoms with E-state index >= 15 is 0 Å². The first-order valence-electron chi connectivity index (χ1n) is 5.36. The van der Waals surface area contributed by atoms with Gasteiger partial charge in [0.15, 0.2) is 5.78 Å². The quantitative estimate of drug-likeness (QED) is 0.511. The maximum atomic E-state index is 11.6. The molecule has 0 heterocycles. The highest BCUT2D eigenvalue weighted by Gasteiger charge is 2.20. The fourth-order valence-corrected chi connectivity index (χ4v) is 1.36. The van der Waals surface area contributed by atoms with Crippen molar-refractivity contribution in [1.82, 2.24) is 5.32 Å². The first-order chi connectivity index (χ1) is 7.01. The van der Waals surface area contributed by atoms with Gasteiger partial charge in [-0.25, -0.2) is 0 Å². The third kappa shape index (κ3) is 6.23. The summed E-state index contributed by atoms with van der Waals surface area (Å²) in [6.07, 6.45) is 0.612. The Morgan fingerprint density at radius 2 is 1.93 bits per heavy atom. The number of hydrogen-bond acceptors (Lipinski definition) is 4. The van der Waals surface area contributed by atoms with E-state index in [0.717, 1.165) is 6.42 Å². The second-order valence-corrected chi connectivity index (χ2v) is 3.92. The number of nitrogens with one attached hydrogen (secondary N) is 1. The molecule has 88 valence electrons. The Bertz CT molecular complexity index is 214. The van der Waals surface area contributed by atoms with Crippen LogP contribution < -0.4 is 5.32 Å². The van der Waals surface area contributed by atoms with Crippen molar-refractivity contribution in [2.75, 3.05) is 13.7 Å². The topological polar surface area (TPSA) is 55.4 Å². The van der Waals surface area contributed by atoms with Gasteiger partial charge in [0, 0.05) is 0 Å². The molecule has 0 saturated heterocycles. The van der Waals surface area contributed by atoms with Gasteiger partial charge >= 0.3 is 5.97 Å². The molecule has 0 spiro atoms. The summed E-state index contributed by atoms with van der Waals surface area (Å²) in [5.41, 5.74) is 0. The standard InChI is InChI=1S/C11H21NO3/c1-5-15-11(14)7-10(13)9(12-4)6-8(2)3/h8-9,12H,5-7H2,1-4H3/t9-/m0/s1. The monoisotopic (exact) mass is 215 g/mol. The average Bonchev–Trinajstić information content (AvgIpc) is 2.13. The largest absolute Gasteiger partial charge is 0.466 e. The number of carbonyl (C=O) groups excluding carboxylic acids is 2. The van der Waals surface area contributed by atoms with Crippen LogP contribution in [0.2, 0.25) is 0 Å². The third-order valence-electron chi connectivity index (χ3n) is 2.07. The van der Waals surface area contributed by atoms with Gasteiger partial charge in [0.25, 0.3) is 0 Å². The van der Waals surface area contributed by atoms with Crippen LogP contribution in [0.3, 0.4) is 0 Å². The minimum Gasteiger partial charge on any atom is -0.466 e. The summed E-state index contributed by atoms with van der Waals surface area (Å²) < 4.78 is 4.72. The minimum absolute atomic E-state index is 0.0929. The molecule has 1 atom stereocenters. The fourth-order valence-electron chi connectivity index (χ4n) is 1.36. The summed E-state index contributed by atoms with van der Waals surface area (Å²) >= 11 is 0. The van der Waals surface area contributed by atoms with Gasteiger partial charge in [-0.3, -0.25) is 9.59 Å². The van der Waals surface area contributed by atoms with E-state index in [2.05, 4.69) is 5.32 Å². The Kier molecular flexibility index (Phi) is 6.96. The molecule has 0 aromatic rings. The van der Waals surface area contributed by atoms with Crippen molar-refractivity contribution in [2.45, 2.75) is 39.7 Å². The molecule has 4 heteroatoms. The van der Waals surface area contributed by atoms with Gasteiger partial charge in [-0.05, 0) is 26.3 Å². The number of hydrogen-bond donors (Lipinski definition) is 1. The van der Waals surface area contributed by atoms with Crippen molar-refractivity contribution in [3.05, 3.63) is 0 Å². The number of likely N-dealkylation sites (N-methyl/N-ethyl adjacent to an activating group) is 1. The lowest BCUT2D eigenvalue weighted by molar-refractivity contribution is -0.146. The van der Waals surface area contributed by atoms with Crippen LogP contribution in [-0.4, -0.2) is 31.4 Å². The molecule has 0 aromatic carbocycles. The smallest absolute Gasteiger partial charge is 0.313 e. The van der Waals surface area contributed by atoms with Crippen molar-refractivity contribution >= 4 is 11.8 Å².